The maximum Gasteiger partial charge on any atom is 1.00 e. The molecule has 0 unspecified atom stereocenters. The molecule has 1 aromatic rings. The molecule has 1 aromatic carbocycles. The van der Waals surface area contributed by atoms with Gasteiger partial charge >= 0.3 is 29.6 Å². The van der Waals surface area contributed by atoms with Crippen LogP contribution in [0.1, 0.15) is 23.7 Å². The first-order chi connectivity index (χ1) is 9.16. The van der Waals surface area contributed by atoms with Gasteiger partial charge in [0.25, 0.3) is 5.91 Å². The summed E-state index contributed by atoms with van der Waals surface area (Å²) in [7, 11) is -1.36. The fourth-order valence-corrected chi connectivity index (χ4v) is 2.22. The van der Waals surface area contributed by atoms with E-state index in [1.807, 2.05) is 0 Å². The van der Waals surface area contributed by atoms with Gasteiger partial charge in [-0.15, -0.1) is 0 Å². The van der Waals surface area contributed by atoms with Gasteiger partial charge < -0.3 is 15.4 Å². The van der Waals surface area contributed by atoms with E-state index in [-0.39, 0.29) is 53.1 Å². The number of carbonyl (C=O) groups is 2. The molecular weight excluding hydrogens is 305 g/mol. The van der Waals surface area contributed by atoms with Crippen molar-refractivity contribution in [3.8, 4) is 0 Å². The van der Waals surface area contributed by atoms with Gasteiger partial charge in [0.2, 0.25) is 5.91 Å². The third kappa shape index (κ3) is 5.40. The van der Waals surface area contributed by atoms with Crippen molar-refractivity contribution in [1.82, 2.24) is 4.90 Å². The molecule has 110 valence electrons. The maximum atomic E-state index is 11.9. The Bertz CT molecular complexity index is 644. The second-order valence-corrected chi connectivity index (χ2v) is 5.76. The zero-order chi connectivity index (χ0) is 15.5. The largest absolute Gasteiger partial charge is 1.00 e. The summed E-state index contributed by atoms with van der Waals surface area (Å²) in [6.07, 6.45) is 0.237. The number of hydrogen-bond donors (Lipinski definition) is 1. The third-order valence-electron chi connectivity index (χ3n) is 2.51. The Morgan fingerprint density at radius 1 is 1.29 bits per heavy atom. The predicted molar refractivity (Wildman–Crippen MR) is 74.9 cm³/mol. The monoisotopic (exact) mass is 321 g/mol. The minimum absolute atomic E-state index is 0. The normalized spacial score (nSPS) is 10.5. The van der Waals surface area contributed by atoms with E-state index < -0.39 is 20.8 Å². The topological polar surface area (TPSA) is 107 Å². The van der Waals surface area contributed by atoms with E-state index in [9.17, 15) is 18.0 Å². The van der Waals surface area contributed by atoms with Crippen molar-refractivity contribution < 1.29 is 47.6 Å². The Morgan fingerprint density at radius 3 is 2.29 bits per heavy atom. The zero-order valence-corrected chi connectivity index (χ0v) is 15.2. The molecule has 0 spiro atoms. The van der Waals surface area contributed by atoms with Crippen LogP contribution in [0.3, 0.4) is 0 Å². The molecule has 0 bridgehead atoms. The molecule has 0 atom stereocenters. The standard InChI is InChI=1S/C12H17N3O4S.Na/c1-4-11(16)14-8-5-6-9(12(17)15(2)3)10(7-8)20(13,18)19;/h5-7H,4H2,1-3H3,(H3,13,14,16,17,18,19);/q;+1/p-1. The van der Waals surface area contributed by atoms with Crippen molar-refractivity contribution in [1.29, 1.82) is 0 Å². The number of benzene rings is 1. The third-order valence-corrected chi connectivity index (χ3v) is 3.43. The van der Waals surface area contributed by atoms with Crippen LogP contribution in [-0.2, 0) is 14.8 Å². The van der Waals surface area contributed by atoms with E-state index >= 15 is 0 Å². The smallest absolute Gasteiger partial charge is 0.560 e. The molecule has 0 saturated carbocycles. The Hall–Kier alpha value is -0.930. The van der Waals surface area contributed by atoms with Crippen LogP contribution >= 0.6 is 0 Å². The van der Waals surface area contributed by atoms with Crippen LogP contribution in [0.25, 0.3) is 5.14 Å². The minimum atomic E-state index is -4.33. The van der Waals surface area contributed by atoms with Gasteiger partial charge in [-0.1, -0.05) is 6.92 Å². The number of sulfonamides is 1. The van der Waals surface area contributed by atoms with Gasteiger partial charge in [0.1, 0.15) is 0 Å². The number of hydrogen-bond acceptors (Lipinski definition) is 4. The molecule has 2 N–H and O–H groups in total. The van der Waals surface area contributed by atoms with Crippen LogP contribution in [-0.4, -0.2) is 39.2 Å². The van der Waals surface area contributed by atoms with Crippen LogP contribution < -0.4 is 34.9 Å². The average molecular weight is 321 g/mol. The Labute approximate surface area is 146 Å². The molecule has 0 aromatic heterocycles. The van der Waals surface area contributed by atoms with Crippen LogP contribution in [0, 0.1) is 0 Å². The summed E-state index contributed by atoms with van der Waals surface area (Å²) in [6, 6.07) is 3.83. The number of amides is 2. The van der Waals surface area contributed by atoms with Crippen molar-refractivity contribution in [2.24, 2.45) is 0 Å². The van der Waals surface area contributed by atoms with Gasteiger partial charge in [-0.2, -0.15) is 0 Å². The fraction of sp³-hybridized carbons (Fsp3) is 0.333. The van der Waals surface area contributed by atoms with E-state index in [2.05, 4.69) is 5.32 Å². The van der Waals surface area contributed by atoms with Crippen molar-refractivity contribution in [3.63, 3.8) is 0 Å². The Morgan fingerprint density at radius 2 is 1.86 bits per heavy atom. The molecule has 0 fully saturated rings. The fourth-order valence-electron chi connectivity index (χ4n) is 1.49. The minimum Gasteiger partial charge on any atom is -0.560 e. The summed E-state index contributed by atoms with van der Waals surface area (Å²) in [6.45, 7) is 1.65. The first kappa shape index (κ1) is 20.1. The number of nitrogens with zero attached hydrogens (tertiary/aromatic N) is 1. The van der Waals surface area contributed by atoms with E-state index in [4.69, 9.17) is 5.14 Å². The SMILES string of the molecule is CCC(=O)Nc1ccc(C(=O)N(C)C)c(S([NH-])(=O)=O)c1.[Na+]. The Balaban J connectivity index is 0.00000400. The van der Waals surface area contributed by atoms with Gasteiger partial charge in [0.15, 0.2) is 0 Å². The van der Waals surface area contributed by atoms with Crippen LogP contribution in [0.2, 0.25) is 0 Å². The molecule has 0 saturated heterocycles. The number of anilines is 1. The summed E-state index contributed by atoms with van der Waals surface area (Å²) >= 11 is 0. The summed E-state index contributed by atoms with van der Waals surface area (Å²) in [5.41, 5.74) is 0.137. The molecule has 9 heteroatoms. The van der Waals surface area contributed by atoms with Gasteiger partial charge in [-0.05, 0) is 18.2 Å². The van der Waals surface area contributed by atoms with E-state index in [0.29, 0.717) is 0 Å². The summed E-state index contributed by atoms with van der Waals surface area (Å²) in [5, 5.41) is 9.65. The first-order valence-corrected chi connectivity index (χ1v) is 7.30. The molecular formula is C12H16N3NaO4S. The average Bonchev–Trinajstić information content (AvgIpc) is 2.36. The summed E-state index contributed by atoms with van der Waals surface area (Å²) in [5.74, 6) is -0.811. The molecule has 0 aliphatic heterocycles. The van der Waals surface area contributed by atoms with Crippen molar-refractivity contribution in [2.75, 3.05) is 19.4 Å². The van der Waals surface area contributed by atoms with Crippen molar-refractivity contribution in [2.45, 2.75) is 18.2 Å². The van der Waals surface area contributed by atoms with Crippen LogP contribution in [0.15, 0.2) is 23.1 Å². The van der Waals surface area contributed by atoms with Gasteiger partial charge in [-0.25, -0.2) is 8.42 Å². The second kappa shape index (κ2) is 7.90. The molecule has 1 rings (SSSR count). The van der Waals surface area contributed by atoms with Crippen LogP contribution in [0.5, 0.6) is 0 Å². The van der Waals surface area contributed by atoms with Crippen molar-refractivity contribution in [3.05, 3.63) is 28.9 Å². The molecule has 0 aliphatic carbocycles. The van der Waals surface area contributed by atoms with E-state index in [1.165, 1.54) is 31.1 Å². The van der Waals surface area contributed by atoms with Gasteiger partial charge in [0.05, 0.1) is 20.5 Å². The van der Waals surface area contributed by atoms with E-state index in [0.717, 1.165) is 6.07 Å². The summed E-state index contributed by atoms with van der Waals surface area (Å²) < 4.78 is 22.9. The number of carbonyl (C=O) groups excluding carboxylic acids is 2. The quantitative estimate of drug-likeness (QED) is 0.680. The van der Waals surface area contributed by atoms with Crippen LogP contribution in [0.4, 0.5) is 5.69 Å². The van der Waals surface area contributed by atoms with E-state index in [1.54, 1.807) is 6.92 Å². The molecule has 21 heavy (non-hydrogen) atoms. The Kier molecular flexibility index (Phi) is 7.55. The first-order valence-electron chi connectivity index (χ1n) is 5.82. The zero-order valence-electron chi connectivity index (χ0n) is 12.4. The summed E-state index contributed by atoms with van der Waals surface area (Å²) in [4.78, 5) is 24.0. The predicted octanol–water partition coefficient (Wildman–Crippen LogP) is -1.52. The molecule has 0 aliphatic rings. The molecule has 2 amide bonds. The van der Waals surface area contributed by atoms with Gasteiger partial charge in [0, 0.05) is 26.2 Å². The molecule has 0 radical (unpaired) electrons. The number of rotatable bonds is 4. The maximum absolute atomic E-state index is 11.9. The van der Waals surface area contributed by atoms with Gasteiger partial charge in [-0.3, -0.25) is 9.59 Å². The molecule has 7 nitrogen and oxygen atoms in total. The molecule has 0 heterocycles. The second-order valence-electron chi connectivity index (χ2n) is 4.32. The van der Waals surface area contributed by atoms with Crippen molar-refractivity contribution >= 4 is 27.5 Å². The number of nitrogens with one attached hydrogen (secondary N) is 2.